The van der Waals surface area contributed by atoms with Crippen molar-refractivity contribution in [2.75, 3.05) is 12.8 Å². The van der Waals surface area contributed by atoms with Crippen LogP contribution in [0.25, 0.3) is 0 Å². The Bertz CT molecular complexity index is 441. The van der Waals surface area contributed by atoms with Crippen molar-refractivity contribution in [2.45, 2.75) is 44.7 Å². The van der Waals surface area contributed by atoms with E-state index in [2.05, 4.69) is 5.32 Å². The summed E-state index contributed by atoms with van der Waals surface area (Å²) in [6, 6.07) is 8.07. The molecule has 1 atom stereocenters. The van der Waals surface area contributed by atoms with Gasteiger partial charge in [0.1, 0.15) is 0 Å². The van der Waals surface area contributed by atoms with Gasteiger partial charge in [0.15, 0.2) is 0 Å². The molecule has 1 unspecified atom stereocenters. The van der Waals surface area contributed by atoms with E-state index in [1.807, 2.05) is 38.2 Å². The summed E-state index contributed by atoms with van der Waals surface area (Å²) in [7, 11) is 1.83. The predicted octanol–water partition coefficient (Wildman–Crippen LogP) is 2.91. The van der Waals surface area contributed by atoms with Crippen LogP contribution in [0.4, 0.5) is 10.5 Å². The molecule has 1 fully saturated rings. The van der Waals surface area contributed by atoms with E-state index in [4.69, 9.17) is 5.73 Å². The highest BCUT2D eigenvalue weighted by Gasteiger charge is 2.22. The molecule has 19 heavy (non-hydrogen) atoms. The molecule has 0 aliphatic heterocycles. The second-order valence-electron chi connectivity index (χ2n) is 5.39. The normalized spacial score (nSPS) is 17.2. The average molecular weight is 261 g/mol. The van der Waals surface area contributed by atoms with Crippen molar-refractivity contribution in [1.29, 1.82) is 0 Å². The summed E-state index contributed by atoms with van der Waals surface area (Å²) < 4.78 is 0. The van der Waals surface area contributed by atoms with Gasteiger partial charge < -0.3 is 16.0 Å². The van der Waals surface area contributed by atoms with Gasteiger partial charge in [0.25, 0.3) is 0 Å². The molecule has 4 heteroatoms. The fraction of sp³-hybridized carbons (Fsp3) is 0.533. The Morgan fingerprint density at radius 2 is 2.11 bits per heavy atom. The van der Waals surface area contributed by atoms with E-state index in [0.29, 0.717) is 6.04 Å². The van der Waals surface area contributed by atoms with Gasteiger partial charge in [-0.1, -0.05) is 25.0 Å². The first-order chi connectivity index (χ1) is 9.08. The standard InChI is InChI=1S/C15H23N3O/c1-11(12-6-5-7-13(16)10-12)18(2)15(19)17-14-8-3-4-9-14/h5-7,10-11,14H,3-4,8-9,16H2,1-2H3,(H,17,19). The van der Waals surface area contributed by atoms with Crippen molar-refractivity contribution in [3.05, 3.63) is 29.8 Å². The van der Waals surface area contributed by atoms with Gasteiger partial charge in [-0.25, -0.2) is 4.79 Å². The lowest BCUT2D eigenvalue weighted by molar-refractivity contribution is 0.190. The van der Waals surface area contributed by atoms with Crippen molar-refractivity contribution < 1.29 is 4.79 Å². The first-order valence-corrected chi connectivity index (χ1v) is 6.96. The molecule has 4 nitrogen and oxygen atoms in total. The van der Waals surface area contributed by atoms with E-state index in [1.165, 1.54) is 12.8 Å². The third-order valence-corrected chi connectivity index (χ3v) is 3.98. The van der Waals surface area contributed by atoms with Crippen molar-refractivity contribution in [1.82, 2.24) is 10.2 Å². The van der Waals surface area contributed by atoms with Crippen molar-refractivity contribution in [3.8, 4) is 0 Å². The first-order valence-electron chi connectivity index (χ1n) is 6.96. The summed E-state index contributed by atoms with van der Waals surface area (Å²) in [5.74, 6) is 0. The van der Waals surface area contributed by atoms with Crippen LogP contribution in [-0.4, -0.2) is 24.0 Å². The Morgan fingerprint density at radius 3 is 2.74 bits per heavy atom. The van der Waals surface area contributed by atoms with E-state index in [0.717, 1.165) is 24.1 Å². The molecule has 1 aromatic rings. The lowest BCUT2D eigenvalue weighted by Gasteiger charge is -2.27. The van der Waals surface area contributed by atoms with Gasteiger partial charge in [0.2, 0.25) is 0 Å². The number of benzene rings is 1. The zero-order valence-corrected chi connectivity index (χ0v) is 11.7. The molecule has 104 valence electrons. The molecule has 0 spiro atoms. The number of anilines is 1. The summed E-state index contributed by atoms with van der Waals surface area (Å²) >= 11 is 0. The first kappa shape index (κ1) is 13.7. The molecule has 0 bridgehead atoms. The minimum absolute atomic E-state index is 0.00169. The number of amides is 2. The summed E-state index contributed by atoms with van der Waals surface area (Å²) in [4.78, 5) is 13.9. The van der Waals surface area contributed by atoms with Crippen LogP contribution < -0.4 is 11.1 Å². The third kappa shape index (κ3) is 3.40. The molecule has 1 aliphatic carbocycles. The molecular formula is C15H23N3O. The van der Waals surface area contributed by atoms with Gasteiger partial charge in [-0.15, -0.1) is 0 Å². The Kier molecular flexibility index (Phi) is 4.30. The maximum absolute atomic E-state index is 12.2. The number of nitrogens with one attached hydrogen (secondary N) is 1. The molecule has 1 aliphatic rings. The average Bonchev–Trinajstić information content (AvgIpc) is 2.89. The number of nitrogens with zero attached hydrogens (tertiary/aromatic N) is 1. The highest BCUT2D eigenvalue weighted by molar-refractivity contribution is 5.74. The quantitative estimate of drug-likeness (QED) is 0.822. The second kappa shape index (κ2) is 5.95. The van der Waals surface area contributed by atoms with Crippen molar-refractivity contribution in [3.63, 3.8) is 0 Å². The van der Waals surface area contributed by atoms with Crippen LogP contribution >= 0.6 is 0 Å². The summed E-state index contributed by atoms with van der Waals surface area (Å²) in [5, 5.41) is 3.10. The van der Waals surface area contributed by atoms with Crippen LogP contribution in [0.2, 0.25) is 0 Å². The van der Waals surface area contributed by atoms with E-state index < -0.39 is 0 Å². The van der Waals surface area contributed by atoms with E-state index >= 15 is 0 Å². The maximum Gasteiger partial charge on any atom is 0.317 e. The zero-order valence-electron chi connectivity index (χ0n) is 11.7. The molecule has 2 amide bonds. The Morgan fingerprint density at radius 1 is 1.42 bits per heavy atom. The maximum atomic E-state index is 12.2. The molecule has 0 heterocycles. The lowest BCUT2D eigenvalue weighted by atomic mass is 10.1. The fourth-order valence-corrected chi connectivity index (χ4v) is 2.56. The fourth-order valence-electron chi connectivity index (χ4n) is 2.56. The number of nitrogen functional groups attached to an aromatic ring is 1. The minimum Gasteiger partial charge on any atom is -0.399 e. The molecule has 3 N–H and O–H groups in total. The van der Waals surface area contributed by atoms with Gasteiger partial charge >= 0.3 is 6.03 Å². The molecule has 0 radical (unpaired) electrons. The zero-order chi connectivity index (χ0) is 13.8. The van der Waals surface area contributed by atoms with Crippen molar-refractivity contribution in [2.24, 2.45) is 0 Å². The Labute approximate surface area is 115 Å². The molecule has 1 aromatic carbocycles. The number of carbonyl (C=O) groups is 1. The highest BCUT2D eigenvalue weighted by atomic mass is 16.2. The van der Waals surface area contributed by atoms with Crippen LogP contribution in [-0.2, 0) is 0 Å². The molecular weight excluding hydrogens is 238 g/mol. The number of nitrogens with two attached hydrogens (primary N) is 1. The van der Waals surface area contributed by atoms with Crippen molar-refractivity contribution >= 4 is 11.7 Å². The number of hydrogen-bond acceptors (Lipinski definition) is 2. The van der Waals surface area contributed by atoms with Crippen LogP contribution in [0.3, 0.4) is 0 Å². The summed E-state index contributed by atoms with van der Waals surface area (Å²) in [6.07, 6.45) is 4.65. The molecule has 2 rings (SSSR count). The monoisotopic (exact) mass is 261 g/mol. The van der Waals surface area contributed by atoms with Crippen LogP contribution in [0.5, 0.6) is 0 Å². The highest BCUT2D eigenvalue weighted by Crippen LogP contribution is 2.22. The van der Waals surface area contributed by atoms with Gasteiger partial charge in [0.05, 0.1) is 6.04 Å². The smallest absolute Gasteiger partial charge is 0.317 e. The Hall–Kier alpha value is -1.71. The lowest BCUT2D eigenvalue weighted by Crippen LogP contribution is -2.43. The van der Waals surface area contributed by atoms with Crippen LogP contribution in [0.1, 0.15) is 44.2 Å². The third-order valence-electron chi connectivity index (χ3n) is 3.98. The van der Waals surface area contributed by atoms with E-state index in [1.54, 1.807) is 4.90 Å². The van der Waals surface area contributed by atoms with Gasteiger partial charge in [-0.2, -0.15) is 0 Å². The number of hydrogen-bond donors (Lipinski definition) is 2. The largest absolute Gasteiger partial charge is 0.399 e. The van der Waals surface area contributed by atoms with Gasteiger partial charge in [-0.3, -0.25) is 0 Å². The SMILES string of the molecule is CC(c1cccc(N)c1)N(C)C(=O)NC1CCCC1. The molecule has 0 saturated heterocycles. The second-order valence-corrected chi connectivity index (χ2v) is 5.39. The van der Waals surface area contributed by atoms with Gasteiger partial charge in [-0.05, 0) is 37.5 Å². The van der Waals surface area contributed by atoms with Gasteiger partial charge in [0, 0.05) is 18.8 Å². The number of urea groups is 1. The summed E-state index contributed by atoms with van der Waals surface area (Å²) in [5.41, 5.74) is 7.58. The number of carbonyl (C=O) groups excluding carboxylic acids is 1. The topological polar surface area (TPSA) is 58.4 Å². The van der Waals surface area contributed by atoms with E-state index in [9.17, 15) is 4.79 Å². The van der Waals surface area contributed by atoms with Crippen LogP contribution in [0, 0.1) is 0 Å². The minimum atomic E-state index is 0.00169. The molecule has 1 saturated carbocycles. The predicted molar refractivity (Wildman–Crippen MR) is 77.8 cm³/mol. The summed E-state index contributed by atoms with van der Waals surface area (Å²) in [6.45, 7) is 2.02. The van der Waals surface area contributed by atoms with E-state index in [-0.39, 0.29) is 12.1 Å². The number of rotatable bonds is 3. The Balaban J connectivity index is 1.97. The van der Waals surface area contributed by atoms with Crippen LogP contribution in [0.15, 0.2) is 24.3 Å². The molecule has 0 aromatic heterocycles.